The predicted molar refractivity (Wildman–Crippen MR) is 154 cm³/mol. The topological polar surface area (TPSA) is 105 Å². The molecule has 1 heterocycles. The minimum Gasteiger partial charge on any atom is -0.489 e. The zero-order chi connectivity index (χ0) is 29.4. The molecule has 8 nitrogen and oxygen atoms in total. The molecule has 220 valence electrons. The number of urea groups is 1. The number of anilines is 1. The third-order valence-corrected chi connectivity index (χ3v) is 8.10. The van der Waals surface area contributed by atoms with Crippen molar-refractivity contribution < 1.29 is 26.7 Å². The Morgan fingerprint density at radius 1 is 1.02 bits per heavy atom. The Balaban J connectivity index is 1.27. The number of sulfonamides is 1. The van der Waals surface area contributed by atoms with Crippen LogP contribution < -0.4 is 15.2 Å². The number of halogens is 2. The van der Waals surface area contributed by atoms with Crippen LogP contribution in [0.25, 0.3) is 0 Å². The van der Waals surface area contributed by atoms with Crippen molar-refractivity contribution in [2.24, 2.45) is 5.14 Å². The molecule has 3 aromatic carbocycles. The van der Waals surface area contributed by atoms with E-state index in [1.807, 2.05) is 24.3 Å². The van der Waals surface area contributed by atoms with E-state index in [1.165, 1.54) is 18.2 Å². The molecule has 3 N–H and O–H groups in total. The molecule has 4 rings (SSSR count). The van der Waals surface area contributed by atoms with Gasteiger partial charge in [0.25, 0.3) is 0 Å². The van der Waals surface area contributed by atoms with Gasteiger partial charge < -0.3 is 15.0 Å². The van der Waals surface area contributed by atoms with Gasteiger partial charge in [0.15, 0.2) is 0 Å². The second-order valence-electron chi connectivity index (χ2n) is 10.2. The number of likely N-dealkylation sites (tertiary alicyclic amines) is 1. The number of nitrogens with one attached hydrogen (secondary N) is 1. The Bertz CT molecular complexity index is 1410. The number of nitrogens with two attached hydrogens (primary N) is 1. The maximum Gasteiger partial charge on any atom is 0.322 e. The quantitative estimate of drug-likeness (QED) is 0.309. The summed E-state index contributed by atoms with van der Waals surface area (Å²) in [6.45, 7) is 5.34. The van der Waals surface area contributed by atoms with Gasteiger partial charge in [0.05, 0.1) is 10.6 Å². The third-order valence-electron chi connectivity index (χ3n) is 7.17. The standard InChI is InChI=1S/C30H36F2N4O4S/c1-2-3-16-36(30(37)34-29-13-8-24(31)19-28(29)32)25-14-17-35(18-15-25)20-22-4-9-26(10-5-22)40-21-23-6-11-27(12-7-23)41(33,38)39/h4-13,19,25H,2-3,14-18,20-21H2,1H3,(H,34,37)(H2,33,38,39). The van der Waals surface area contributed by atoms with Crippen molar-refractivity contribution in [3.63, 3.8) is 0 Å². The van der Waals surface area contributed by atoms with Gasteiger partial charge in [0, 0.05) is 38.3 Å². The van der Waals surface area contributed by atoms with Crippen molar-refractivity contribution in [2.45, 2.75) is 56.7 Å². The summed E-state index contributed by atoms with van der Waals surface area (Å²) in [5, 5.41) is 7.75. The average Bonchev–Trinajstić information content (AvgIpc) is 2.95. The molecule has 2 amide bonds. The molecule has 0 aliphatic carbocycles. The fraction of sp³-hybridized carbons (Fsp3) is 0.367. The number of benzene rings is 3. The molecular weight excluding hydrogens is 550 g/mol. The van der Waals surface area contributed by atoms with Crippen molar-refractivity contribution in [3.8, 4) is 5.75 Å². The number of amides is 2. The molecule has 1 aliphatic rings. The third kappa shape index (κ3) is 8.72. The van der Waals surface area contributed by atoms with Crippen LogP contribution in [-0.2, 0) is 23.2 Å². The first-order valence-corrected chi connectivity index (χ1v) is 15.3. The number of unbranched alkanes of at least 4 members (excludes halogenated alkanes) is 1. The first-order valence-electron chi connectivity index (χ1n) is 13.7. The number of nitrogens with zero attached hydrogens (tertiary/aromatic N) is 2. The van der Waals surface area contributed by atoms with E-state index in [9.17, 15) is 22.0 Å². The summed E-state index contributed by atoms with van der Waals surface area (Å²) >= 11 is 0. The van der Waals surface area contributed by atoms with Crippen LogP contribution in [0.4, 0.5) is 19.3 Å². The van der Waals surface area contributed by atoms with Gasteiger partial charge in [0.2, 0.25) is 10.0 Å². The SMILES string of the molecule is CCCCN(C(=O)Nc1ccc(F)cc1F)C1CCN(Cc2ccc(OCc3ccc(S(N)(=O)=O)cc3)cc2)CC1. The van der Waals surface area contributed by atoms with Gasteiger partial charge in [-0.05, 0) is 66.8 Å². The number of carbonyl (C=O) groups excluding carboxylic acids is 1. The van der Waals surface area contributed by atoms with E-state index < -0.39 is 21.7 Å². The highest BCUT2D eigenvalue weighted by Gasteiger charge is 2.28. The number of carbonyl (C=O) groups is 1. The molecular formula is C30H36F2N4O4S. The van der Waals surface area contributed by atoms with E-state index in [-0.39, 0.29) is 22.7 Å². The molecule has 0 radical (unpaired) electrons. The van der Waals surface area contributed by atoms with Crippen LogP contribution in [-0.4, -0.2) is 49.9 Å². The molecule has 3 aromatic rings. The molecule has 0 spiro atoms. The van der Waals surface area contributed by atoms with Gasteiger partial charge in [-0.25, -0.2) is 27.1 Å². The molecule has 0 unspecified atom stereocenters. The maximum atomic E-state index is 14.1. The largest absolute Gasteiger partial charge is 0.489 e. The lowest BCUT2D eigenvalue weighted by Gasteiger charge is -2.38. The van der Waals surface area contributed by atoms with Gasteiger partial charge in [-0.15, -0.1) is 0 Å². The van der Waals surface area contributed by atoms with Crippen LogP contribution in [0.2, 0.25) is 0 Å². The summed E-state index contributed by atoms with van der Waals surface area (Å²) in [5.41, 5.74) is 1.94. The second-order valence-corrected chi connectivity index (χ2v) is 11.8. The van der Waals surface area contributed by atoms with Crippen LogP contribution in [0.15, 0.2) is 71.6 Å². The number of hydrogen-bond acceptors (Lipinski definition) is 5. The lowest BCUT2D eigenvalue weighted by Crippen LogP contribution is -2.49. The Morgan fingerprint density at radius 2 is 1.68 bits per heavy atom. The summed E-state index contributed by atoms with van der Waals surface area (Å²) in [7, 11) is -3.72. The van der Waals surface area contributed by atoms with E-state index in [1.54, 1.807) is 17.0 Å². The lowest BCUT2D eigenvalue weighted by atomic mass is 10.0. The van der Waals surface area contributed by atoms with Crippen LogP contribution >= 0.6 is 0 Å². The smallest absolute Gasteiger partial charge is 0.322 e. The molecule has 1 saturated heterocycles. The van der Waals surface area contributed by atoms with E-state index in [4.69, 9.17) is 9.88 Å². The number of hydrogen-bond donors (Lipinski definition) is 2. The zero-order valence-corrected chi connectivity index (χ0v) is 23.9. The van der Waals surface area contributed by atoms with Crippen molar-refractivity contribution in [1.29, 1.82) is 0 Å². The first kappa shape index (κ1) is 30.4. The highest BCUT2D eigenvalue weighted by atomic mass is 32.2. The first-order chi connectivity index (χ1) is 19.6. The minimum absolute atomic E-state index is 0.0253. The van der Waals surface area contributed by atoms with Crippen LogP contribution in [0.5, 0.6) is 5.75 Å². The molecule has 0 bridgehead atoms. The summed E-state index contributed by atoms with van der Waals surface area (Å²) in [4.78, 5) is 17.3. The Morgan fingerprint density at radius 3 is 2.29 bits per heavy atom. The van der Waals surface area contributed by atoms with Crippen LogP contribution in [0.1, 0.15) is 43.7 Å². The summed E-state index contributed by atoms with van der Waals surface area (Å²) in [6.07, 6.45) is 3.37. The predicted octanol–water partition coefficient (Wildman–Crippen LogP) is 5.49. The van der Waals surface area contributed by atoms with E-state index in [2.05, 4.69) is 17.1 Å². The molecule has 0 aromatic heterocycles. The van der Waals surface area contributed by atoms with Gasteiger partial charge in [-0.1, -0.05) is 37.6 Å². The van der Waals surface area contributed by atoms with E-state index in [0.29, 0.717) is 18.9 Å². The number of piperidine rings is 1. The fourth-order valence-corrected chi connectivity index (χ4v) is 5.35. The maximum absolute atomic E-state index is 14.1. The van der Waals surface area contributed by atoms with E-state index >= 15 is 0 Å². The van der Waals surface area contributed by atoms with Gasteiger partial charge in [0.1, 0.15) is 24.0 Å². The Kier molecular flexibility index (Phi) is 10.3. The monoisotopic (exact) mass is 586 g/mol. The van der Waals surface area contributed by atoms with Crippen molar-refractivity contribution in [3.05, 3.63) is 89.5 Å². The van der Waals surface area contributed by atoms with Gasteiger partial charge >= 0.3 is 6.03 Å². The van der Waals surface area contributed by atoms with Crippen molar-refractivity contribution >= 4 is 21.7 Å². The van der Waals surface area contributed by atoms with Gasteiger partial charge in [-0.3, -0.25) is 4.90 Å². The molecule has 1 aliphatic heterocycles. The summed E-state index contributed by atoms with van der Waals surface area (Å²) < 4.78 is 56.0. The van der Waals surface area contributed by atoms with Gasteiger partial charge in [-0.2, -0.15) is 0 Å². The average molecular weight is 587 g/mol. The number of rotatable bonds is 11. The van der Waals surface area contributed by atoms with Crippen LogP contribution in [0.3, 0.4) is 0 Å². The normalized spacial score (nSPS) is 14.5. The van der Waals surface area contributed by atoms with Crippen LogP contribution in [0, 0.1) is 11.6 Å². The second kappa shape index (κ2) is 13.9. The Labute approximate surface area is 240 Å². The lowest BCUT2D eigenvalue weighted by molar-refractivity contribution is 0.122. The Hall–Kier alpha value is -3.54. The van der Waals surface area contributed by atoms with Crippen molar-refractivity contribution in [1.82, 2.24) is 9.80 Å². The van der Waals surface area contributed by atoms with E-state index in [0.717, 1.165) is 68.6 Å². The minimum atomic E-state index is -3.72. The molecule has 11 heteroatoms. The fourth-order valence-electron chi connectivity index (χ4n) is 4.84. The molecule has 41 heavy (non-hydrogen) atoms. The number of ether oxygens (including phenoxy) is 1. The highest BCUT2D eigenvalue weighted by molar-refractivity contribution is 7.89. The summed E-state index contributed by atoms with van der Waals surface area (Å²) in [5.74, 6) is -0.773. The highest BCUT2D eigenvalue weighted by Crippen LogP contribution is 2.23. The molecule has 1 fully saturated rings. The van der Waals surface area contributed by atoms with Crippen molar-refractivity contribution in [2.75, 3.05) is 25.0 Å². The number of primary sulfonamides is 1. The molecule has 0 atom stereocenters. The summed E-state index contributed by atoms with van der Waals surface area (Å²) in [6, 6.07) is 16.9. The molecule has 0 saturated carbocycles. The zero-order valence-electron chi connectivity index (χ0n) is 23.1.